The number of nitrogens with two attached hydrogens (primary N) is 1. The zero-order valence-corrected chi connectivity index (χ0v) is 14.2. The van der Waals surface area contributed by atoms with Gasteiger partial charge in [0.25, 0.3) is 0 Å². The zero-order valence-electron chi connectivity index (χ0n) is 11.9. The molecule has 0 bridgehead atoms. The molecule has 0 unspecified atom stereocenters. The van der Waals surface area contributed by atoms with E-state index in [0.29, 0.717) is 5.96 Å². The third-order valence-electron chi connectivity index (χ3n) is 2.52. The molecule has 0 amide bonds. The molecule has 0 aliphatic heterocycles. The van der Waals surface area contributed by atoms with Crippen molar-refractivity contribution in [3.05, 3.63) is 0 Å². The number of unbranched alkanes of at least 4 members (excludes halogenated alkanes) is 4. The van der Waals surface area contributed by atoms with E-state index in [1.165, 1.54) is 19.3 Å². The predicted octanol–water partition coefficient (Wildman–Crippen LogP) is 2.91. The van der Waals surface area contributed by atoms with Gasteiger partial charge in [0.1, 0.15) is 0 Å². The van der Waals surface area contributed by atoms with Gasteiger partial charge in [0.15, 0.2) is 5.96 Å². The fraction of sp³-hybridized carbons (Fsp3) is 0.923. The van der Waals surface area contributed by atoms with Gasteiger partial charge in [-0.2, -0.15) is 0 Å². The minimum atomic E-state index is 0. The van der Waals surface area contributed by atoms with Gasteiger partial charge in [0, 0.05) is 26.3 Å². The number of nitrogens with one attached hydrogen (secondary N) is 1. The van der Waals surface area contributed by atoms with E-state index in [-0.39, 0.29) is 24.0 Å². The molecule has 0 aliphatic rings. The van der Waals surface area contributed by atoms with Crippen LogP contribution in [-0.2, 0) is 4.74 Å². The number of nitrogens with zero attached hydrogens (tertiary/aromatic N) is 1. The third-order valence-corrected chi connectivity index (χ3v) is 2.52. The summed E-state index contributed by atoms with van der Waals surface area (Å²) in [5.41, 5.74) is 5.74. The van der Waals surface area contributed by atoms with Gasteiger partial charge in [0.2, 0.25) is 0 Å². The molecule has 0 saturated heterocycles. The molecule has 0 radical (unpaired) electrons. The van der Waals surface area contributed by atoms with E-state index in [9.17, 15) is 0 Å². The Morgan fingerprint density at radius 1 is 1.11 bits per heavy atom. The Balaban J connectivity index is 0. The molecule has 3 N–H and O–H groups in total. The van der Waals surface area contributed by atoms with Crippen LogP contribution >= 0.6 is 24.0 Å². The molecule has 0 aromatic rings. The number of aliphatic imine (C=N–C) groups is 1. The lowest BCUT2D eigenvalue weighted by Gasteiger charge is -2.05. The molecule has 0 aliphatic carbocycles. The number of halogens is 1. The van der Waals surface area contributed by atoms with Crippen molar-refractivity contribution in [2.45, 2.75) is 52.4 Å². The van der Waals surface area contributed by atoms with E-state index in [2.05, 4.69) is 17.2 Å². The summed E-state index contributed by atoms with van der Waals surface area (Å²) in [7, 11) is 0. The molecular weight excluding hydrogens is 341 g/mol. The fourth-order valence-corrected chi connectivity index (χ4v) is 1.48. The van der Waals surface area contributed by atoms with Crippen LogP contribution in [0.4, 0.5) is 0 Å². The largest absolute Gasteiger partial charge is 0.382 e. The Morgan fingerprint density at radius 3 is 2.56 bits per heavy atom. The first-order chi connectivity index (χ1) is 8.31. The molecule has 4 nitrogen and oxygen atoms in total. The van der Waals surface area contributed by atoms with Crippen LogP contribution in [0.5, 0.6) is 0 Å². The zero-order chi connectivity index (χ0) is 12.8. The molecule has 18 heavy (non-hydrogen) atoms. The van der Waals surface area contributed by atoms with Crippen LogP contribution in [0.15, 0.2) is 4.99 Å². The third kappa shape index (κ3) is 16.0. The van der Waals surface area contributed by atoms with Gasteiger partial charge in [-0.05, 0) is 26.2 Å². The second-order valence-corrected chi connectivity index (χ2v) is 4.16. The van der Waals surface area contributed by atoms with Gasteiger partial charge in [-0.25, -0.2) is 0 Å². The number of hydrogen-bond donors (Lipinski definition) is 2. The normalized spacial score (nSPS) is 11.1. The van der Waals surface area contributed by atoms with E-state index < -0.39 is 0 Å². The summed E-state index contributed by atoms with van der Waals surface area (Å²) in [6, 6.07) is 0. The summed E-state index contributed by atoms with van der Waals surface area (Å²) < 4.78 is 5.25. The Labute approximate surface area is 129 Å². The van der Waals surface area contributed by atoms with Crippen molar-refractivity contribution in [1.29, 1.82) is 0 Å². The van der Waals surface area contributed by atoms with Crippen molar-refractivity contribution < 1.29 is 4.74 Å². The Hall–Kier alpha value is -0.0400. The quantitative estimate of drug-likeness (QED) is 0.254. The number of guanidine groups is 1. The molecule has 110 valence electrons. The van der Waals surface area contributed by atoms with Gasteiger partial charge in [-0.15, -0.1) is 24.0 Å². The monoisotopic (exact) mass is 371 g/mol. The Morgan fingerprint density at radius 2 is 1.89 bits per heavy atom. The molecule has 0 saturated carbocycles. The first-order valence-corrected chi connectivity index (χ1v) is 6.92. The smallest absolute Gasteiger partial charge is 0.188 e. The molecule has 5 heteroatoms. The molecule has 0 rings (SSSR count). The predicted molar refractivity (Wildman–Crippen MR) is 89.8 cm³/mol. The van der Waals surface area contributed by atoms with Crippen molar-refractivity contribution in [2.75, 3.05) is 26.3 Å². The van der Waals surface area contributed by atoms with Crippen LogP contribution in [0.25, 0.3) is 0 Å². The van der Waals surface area contributed by atoms with Crippen LogP contribution in [0, 0.1) is 0 Å². The standard InChI is InChI=1S/C13H29N3O.HI/c1-3-5-6-7-10-15-13(14)16-11-8-9-12-17-4-2;/h3-12H2,1-2H3,(H3,14,15,16);1H. The van der Waals surface area contributed by atoms with Gasteiger partial charge in [-0.1, -0.05) is 26.2 Å². The summed E-state index contributed by atoms with van der Waals surface area (Å²) in [4.78, 5) is 4.28. The maximum atomic E-state index is 5.74. The van der Waals surface area contributed by atoms with Gasteiger partial charge >= 0.3 is 0 Å². The highest BCUT2D eigenvalue weighted by Gasteiger charge is 1.92. The second-order valence-electron chi connectivity index (χ2n) is 4.16. The highest BCUT2D eigenvalue weighted by Crippen LogP contribution is 1.98. The minimum absolute atomic E-state index is 0. The topological polar surface area (TPSA) is 59.6 Å². The van der Waals surface area contributed by atoms with Crippen LogP contribution in [-0.4, -0.2) is 32.3 Å². The van der Waals surface area contributed by atoms with Crippen molar-refractivity contribution in [2.24, 2.45) is 10.7 Å². The lowest BCUT2D eigenvalue weighted by atomic mass is 10.2. The average molecular weight is 371 g/mol. The first kappa shape index (κ1) is 20.3. The maximum Gasteiger partial charge on any atom is 0.188 e. The minimum Gasteiger partial charge on any atom is -0.382 e. The molecule has 0 aromatic carbocycles. The van der Waals surface area contributed by atoms with E-state index >= 15 is 0 Å². The lowest BCUT2D eigenvalue weighted by Crippen LogP contribution is -2.32. The summed E-state index contributed by atoms with van der Waals surface area (Å²) in [6.45, 7) is 7.60. The summed E-state index contributed by atoms with van der Waals surface area (Å²) in [5.74, 6) is 0.581. The van der Waals surface area contributed by atoms with Crippen LogP contribution in [0.3, 0.4) is 0 Å². The number of rotatable bonds is 11. The Bertz CT molecular complexity index is 189. The van der Waals surface area contributed by atoms with Crippen molar-refractivity contribution in [1.82, 2.24) is 5.32 Å². The fourth-order valence-electron chi connectivity index (χ4n) is 1.48. The van der Waals surface area contributed by atoms with Crippen LogP contribution < -0.4 is 11.1 Å². The number of ether oxygens (including phenoxy) is 1. The highest BCUT2D eigenvalue weighted by molar-refractivity contribution is 14.0. The average Bonchev–Trinajstić information content (AvgIpc) is 2.33. The van der Waals surface area contributed by atoms with Gasteiger partial charge in [-0.3, -0.25) is 4.99 Å². The number of hydrogen-bond acceptors (Lipinski definition) is 2. The van der Waals surface area contributed by atoms with Crippen molar-refractivity contribution in [3.63, 3.8) is 0 Å². The van der Waals surface area contributed by atoms with E-state index in [4.69, 9.17) is 10.5 Å². The molecule has 0 fully saturated rings. The summed E-state index contributed by atoms with van der Waals surface area (Å²) >= 11 is 0. The molecular formula is C13H30IN3O. The SMILES string of the molecule is CCCCCCN=C(N)NCCCCOCC.I. The van der Waals surface area contributed by atoms with E-state index in [1.54, 1.807) is 0 Å². The molecule has 0 aromatic heterocycles. The first-order valence-electron chi connectivity index (χ1n) is 6.92. The Kier molecular flexibility index (Phi) is 19.1. The van der Waals surface area contributed by atoms with Crippen LogP contribution in [0.2, 0.25) is 0 Å². The van der Waals surface area contributed by atoms with Crippen LogP contribution in [0.1, 0.15) is 52.4 Å². The van der Waals surface area contributed by atoms with Crippen molar-refractivity contribution in [3.8, 4) is 0 Å². The van der Waals surface area contributed by atoms with Gasteiger partial charge < -0.3 is 15.8 Å². The van der Waals surface area contributed by atoms with E-state index in [1.807, 2.05) is 6.92 Å². The maximum absolute atomic E-state index is 5.74. The second kappa shape index (κ2) is 17.0. The highest BCUT2D eigenvalue weighted by atomic mass is 127. The van der Waals surface area contributed by atoms with Crippen molar-refractivity contribution >= 4 is 29.9 Å². The lowest BCUT2D eigenvalue weighted by molar-refractivity contribution is 0.143. The van der Waals surface area contributed by atoms with E-state index in [0.717, 1.165) is 45.6 Å². The molecule has 0 atom stereocenters. The molecule has 0 spiro atoms. The van der Waals surface area contributed by atoms with Gasteiger partial charge in [0.05, 0.1) is 0 Å². The summed E-state index contributed by atoms with van der Waals surface area (Å²) in [5, 5.41) is 3.12. The molecule has 0 heterocycles. The summed E-state index contributed by atoms with van der Waals surface area (Å²) in [6.07, 6.45) is 7.09.